The first-order valence-electron chi connectivity index (χ1n) is 7.81. The van der Waals surface area contributed by atoms with Crippen molar-refractivity contribution in [3.05, 3.63) is 53.3 Å². The molecular weight excluding hydrogens is 258 g/mol. The number of aryl methyl sites for hydroxylation is 2. The first kappa shape index (κ1) is 15.8. The average Bonchev–Trinajstić information content (AvgIpc) is 2.84. The van der Waals surface area contributed by atoms with Crippen LogP contribution in [0.1, 0.15) is 30.7 Å². The number of benzene rings is 1. The van der Waals surface area contributed by atoms with Gasteiger partial charge in [0.2, 0.25) is 0 Å². The van der Waals surface area contributed by atoms with Crippen molar-refractivity contribution in [1.82, 2.24) is 15.1 Å². The van der Waals surface area contributed by atoms with E-state index in [1.54, 1.807) is 0 Å². The van der Waals surface area contributed by atoms with Gasteiger partial charge >= 0.3 is 0 Å². The zero-order chi connectivity index (χ0) is 15.2. The van der Waals surface area contributed by atoms with Gasteiger partial charge in [0.05, 0.1) is 5.69 Å². The molecule has 3 nitrogen and oxygen atoms in total. The zero-order valence-corrected chi connectivity index (χ0v) is 13.6. The van der Waals surface area contributed by atoms with Crippen LogP contribution in [0, 0.1) is 12.8 Å². The summed E-state index contributed by atoms with van der Waals surface area (Å²) in [7, 11) is 1.98. The molecule has 2 aromatic rings. The van der Waals surface area contributed by atoms with E-state index in [2.05, 4.69) is 61.5 Å². The van der Waals surface area contributed by atoms with Gasteiger partial charge in [-0.05, 0) is 49.4 Å². The summed E-state index contributed by atoms with van der Waals surface area (Å²) in [5.74, 6) is 0.573. The largest absolute Gasteiger partial charge is 0.314 e. The molecule has 21 heavy (non-hydrogen) atoms. The molecule has 0 radical (unpaired) electrons. The van der Waals surface area contributed by atoms with Crippen LogP contribution in [-0.4, -0.2) is 22.4 Å². The van der Waals surface area contributed by atoms with Crippen LogP contribution in [0.15, 0.2) is 36.5 Å². The third-order valence-electron chi connectivity index (χ3n) is 3.85. The van der Waals surface area contributed by atoms with Crippen LogP contribution in [0.25, 0.3) is 0 Å². The summed E-state index contributed by atoms with van der Waals surface area (Å²) < 4.78 is 1.88. The summed E-state index contributed by atoms with van der Waals surface area (Å²) in [5.41, 5.74) is 4.01. The Morgan fingerprint density at radius 2 is 1.90 bits per heavy atom. The van der Waals surface area contributed by atoms with E-state index in [0.29, 0.717) is 12.0 Å². The van der Waals surface area contributed by atoms with Gasteiger partial charge in [0.15, 0.2) is 0 Å². The van der Waals surface area contributed by atoms with Gasteiger partial charge in [0.1, 0.15) is 0 Å². The van der Waals surface area contributed by atoms with Crippen LogP contribution in [0.5, 0.6) is 0 Å². The lowest BCUT2D eigenvalue weighted by atomic mass is 9.92. The van der Waals surface area contributed by atoms with Gasteiger partial charge in [-0.15, -0.1) is 0 Å². The molecule has 0 spiro atoms. The number of rotatable bonds is 7. The second kappa shape index (κ2) is 7.41. The molecule has 1 aromatic heterocycles. The molecule has 3 heteroatoms. The van der Waals surface area contributed by atoms with Crippen LogP contribution >= 0.6 is 0 Å². The third-order valence-corrected chi connectivity index (χ3v) is 3.85. The quantitative estimate of drug-likeness (QED) is 0.847. The topological polar surface area (TPSA) is 29.9 Å². The van der Waals surface area contributed by atoms with Gasteiger partial charge in [0, 0.05) is 19.3 Å². The van der Waals surface area contributed by atoms with Crippen molar-refractivity contribution in [3.63, 3.8) is 0 Å². The van der Waals surface area contributed by atoms with Crippen molar-refractivity contribution in [2.45, 2.75) is 39.7 Å². The standard InChI is InChI=1S/C18H27N3/c1-14(2)19-13-16(12-18-9-10-21(4)20-18)11-17-8-6-5-7-15(17)3/h5-10,14,16,19H,11-13H2,1-4H3. The molecule has 0 fully saturated rings. The molecule has 0 saturated heterocycles. The van der Waals surface area contributed by atoms with Gasteiger partial charge in [-0.2, -0.15) is 5.10 Å². The number of hydrogen-bond acceptors (Lipinski definition) is 2. The molecule has 0 amide bonds. The van der Waals surface area contributed by atoms with Gasteiger partial charge in [-0.1, -0.05) is 38.1 Å². The van der Waals surface area contributed by atoms with E-state index in [4.69, 9.17) is 0 Å². The summed E-state index contributed by atoms with van der Waals surface area (Å²) in [5, 5.41) is 8.11. The summed E-state index contributed by atoms with van der Waals surface area (Å²) >= 11 is 0. The van der Waals surface area contributed by atoms with Gasteiger partial charge < -0.3 is 5.32 Å². The van der Waals surface area contributed by atoms with E-state index < -0.39 is 0 Å². The first-order valence-corrected chi connectivity index (χ1v) is 7.81. The van der Waals surface area contributed by atoms with Crippen molar-refractivity contribution < 1.29 is 0 Å². The Kier molecular flexibility index (Phi) is 5.57. The van der Waals surface area contributed by atoms with Crippen molar-refractivity contribution in [3.8, 4) is 0 Å². The second-order valence-corrected chi connectivity index (χ2v) is 6.24. The fourth-order valence-corrected chi connectivity index (χ4v) is 2.64. The molecule has 0 saturated carbocycles. The van der Waals surface area contributed by atoms with Crippen LogP contribution < -0.4 is 5.32 Å². The second-order valence-electron chi connectivity index (χ2n) is 6.24. The molecular formula is C18H27N3. The van der Waals surface area contributed by atoms with E-state index in [1.165, 1.54) is 16.8 Å². The average molecular weight is 285 g/mol. The molecule has 2 rings (SSSR count). The number of nitrogens with one attached hydrogen (secondary N) is 1. The summed E-state index contributed by atoms with van der Waals surface area (Å²) in [4.78, 5) is 0. The Hall–Kier alpha value is -1.61. The molecule has 1 unspecified atom stereocenters. The van der Waals surface area contributed by atoms with Gasteiger partial charge in [-0.25, -0.2) is 0 Å². The number of hydrogen-bond donors (Lipinski definition) is 1. The minimum Gasteiger partial charge on any atom is -0.314 e. The fourth-order valence-electron chi connectivity index (χ4n) is 2.64. The minimum absolute atomic E-state index is 0.521. The Balaban J connectivity index is 2.06. The van der Waals surface area contributed by atoms with E-state index in [-0.39, 0.29) is 0 Å². The molecule has 1 aromatic carbocycles. The van der Waals surface area contributed by atoms with E-state index >= 15 is 0 Å². The van der Waals surface area contributed by atoms with Crippen molar-refractivity contribution in [2.24, 2.45) is 13.0 Å². The van der Waals surface area contributed by atoms with Crippen LogP contribution in [0.2, 0.25) is 0 Å². The lowest BCUT2D eigenvalue weighted by Gasteiger charge is -2.19. The molecule has 114 valence electrons. The summed E-state index contributed by atoms with van der Waals surface area (Å²) in [6.45, 7) is 7.63. The van der Waals surface area contributed by atoms with E-state index in [9.17, 15) is 0 Å². The van der Waals surface area contributed by atoms with Crippen molar-refractivity contribution >= 4 is 0 Å². The minimum atomic E-state index is 0.521. The fraction of sp³-hybridized carbons (Fsp3) is 0.500. The van der Waals surface area contributed by atoms with Gasteiger partial charge in [0.25, 0.3) is 0 Å². The SMILES string of the molecule is Cc1ccccc1CC(CNC(C)C)Cc1ccn(C)n1. The Labute approximate surface area is 128 Å². The maximum atomic E-state index is 4.53. The lowest BCUT2D eigenvalue weighted by molar-refractivity contribution is 0.439. The number of aromatic nitrogens is 2. The van der Waals surface area contributed by atoms with Gasteiger partial charge in [-0.3, -0.25) is 4.68 Å². The Morgan fingerprint density at radius 1 is 1.14 bits per heavy atom. The van der Waals surface area contributed by atoms with Crippen LogP contribution in [0.3, 0.4) is 0 Å². The van der Waals surface area contributed by atoms with Crippen LogP contribution in [0.4, 0.5) is 0 Å². The normalized spacial score (nSPS) is 12.8. The molecule has 1 heterocycles. The zero-order valence-electron chi connectivity index (χ0n) is 13.6. The van der Waals surface area contributed by atoms with E-state index in [1.807, 2.05) is 17.9 Å². The third kappa shape index (κ3) is 5.01. The monoisotopic (exact) mass is 285 g/mol. The lowest BCUT2D eigenvalue weighted by Crippen LogP contribution is -2.31. The maximum absolute atomic E-state index is 4.53. The Bertz CT molecular complexity index is 557. The number of nitrogens with zero attached hydrogens (tertiary/aromatic N) is 2. The highest BCUT2D eigenvalue weighted by Crippen LogP contribution is 2.16. The summed E-state index contributed by atoms with van der Waals surface area (Å²) in [6, 6.07) is 11.3. The first-order chi connectivity index (χ1) is 10.0. The molecule has 0 aliphatic carbocycles. The molecule has 0 aliphatic rings. The van der Waals surface area contributed by atoms with Crippen molar-refractivity contribution in [2.75, 3.05) is 6.54 Å². The van der Waals surface area contributed by atoms with Crippen LogP contribution in [-0.2, 0) is 19.9 Å². The molecule has 1 N–H and O–H groups in total. The van der Waals surface area contributed by atoms with Crippen molar-refractivity contribution in [1.29, 1.82) is 0 Å². The molecule has 1 atom stereocenters. The molecule has 0 aliphatic heterocycles. The van der Waals surface area contributed by atoms with E-state index in [0.717, 1.165) is 19.4 Å². The maximum Gasteiger partial charge on any atom is 0.0627 e. The predicted molar refractivity (Wildman–Crippen MR) is 88.4 cm³/mol. The highest BCUT2D eigenvalue weighted by molar-refractivity contribution is 5.26. The predicted octanol–water partition coefficient (Wildman–Crippen LogP) is 3.13. The highest BCUT2D eigenvalue weighted by atomic mass is 15.2. The smallest absolute Gasteiger partial charge is 0.0627 e. The Morgan fingerprint density at radius 3 is 2.52 bits per heavy atom. The highest BCUT2D eigenvalue weighted by Gasteiger charge is 2.14. The summed E-state index contributed by atoms with van der Waals surface area (Å²) in [6.07, 6.45) is 4.15. The molecule has 0 bridgehead atoms.